The fraction of sp³-hybridized carbons (Fsp3) is 0.100. The quantitative estimate of drug-likeness (QED) is 0.637. The minimum atomic E-state index is -0.259. The minimum absolute atomic E-state index is 0.259. The van der Waals surface area contributed by atoms with Crippen LogP contribution in [0.5, 0.6) is 0 Å². The molecule has 2 aromatic rings. The Hall–Kier alpha value is -1.22. The molecule has 1 aromatic heterocycles. The standard InChI is InChI=1S/C10H7FOS/c1-6-4-8-9(11)3-2-7(5-12)10(8)13-6/h2-5H,1H3. The third-order valence-corrected chi connectivity index (χ3v) is 3.01. The summed E-state index contributed by atoms with van der Waals surface area (Å²) in [6, 6.07) is 4.61. The molecule has 66 valence electrons. The van der Waals surface area contributed by atoms with E-state index in [1.165, 1.54) is 23.5 Å². The van der Waals surface area contributed by atoms with Crippen molar-refractivity contribution in [3.8, 4) is 0 Å². The SMILES string of the molecule is Cc1cc2c(F)ccc(C=O)c2s1. The zero-order valence-electron chi connectivity index (χ0n) is 7.00. The van der Waals surface area contributed by atoms with Crippen LogP contribution in [0.4, 0.5) is 4.39 Å². The molecule has 0 saturated heterocycles. The van der Waals surface area contributed by atoms with Crippen LogP contribution in [0.2, 0.25) is 0 Å². The lowest BCUT2D eigenvalue weighted by atomic mass is 10.2. The summed E-state index contributed by atoms with van der Waals surface area (Å²) >= 11 is 1.45. The van der Waals surface area contributed by atoms with Crippen LogP contribution in [0.3, 0.4) is 0 Å². The molecule has 0 unspecified atom stereocenters. The van der Waals surface area contributed by atoms with E-state index >= 15 is 0 Å². The van der Waals surface area contributed by atoms with Gasteiger partial charge in [0.1, 0.15) is 5.82 Å². The maximum atomic E-state index is 13.2. The Kier molecular flexibility index (Phi) is 1.88. The Bertz CT molecular complexity index is 473. The van der Waals surface area contributed by atoms with Crippen molar-refractivity contribution < 1.29 is 9.18 Å². The zero-order valence-corrected chi connectivity index (χ0v) is 7.82. The van der Waals surface area contributed by atoms with E-state index in [2.05, 4.69) is 0 Å². The van der Waals surface area contributed by atoms with E-state index < -0.39 is 0 Å². The van der Waals surface area contributed by atoms with Gasteiger partial charge in [-0.3, -0.25) is 4.79 Å². The van der Waals surface area contributed by atoms with E-state index in [-0.39, 0.29) is 5.82 Å². The summed E-state index contributed by atoms with van der Waals surface area (Å²) in [6.07, 6.45) is 0.762. The maximum absolute atomic E-state index is 13.2. The van der Waals surface area contributed by atoms with Gasteiger partial charge in [-0.25, -0.2) is 4.39 Å². The Labute approximate surface area is 78.8 Å². The second-order valence-electron chi connectivity index (χ2n) is 2.85. The molecule has 0 amide bonds. The van der Waals surface area contributed by atoms with Gasteiger partial charge in [0.05, 0.1) is 0 Å². The van der Waals surface area contributed by atoms with Crippen LogP contribution >= 0.6 is 11.3 Å². The molecule has 0 radical (unpaired) electrons. The lowest BCUT2D eigenvalue weighted by molar-refractivity contribution is 0.112. The molecule has 1 aromatic carbocycles. The van der Waals surface area contributed by atoms with Gasteiger partial charge in [-0.2, -0.15) is 0 Å². The van der Waals surface area contributed by atoms with Crippen molar-refractivity contribution in [1.29, 1.82) is 0 Å². The highest BCUT2D eigenvalue weighted by Crippen LogP contribution is 2.29. The van der Waals surface area contributed by atoms with Crippen LogP contribution in [0.25, 0.3) is 10.1 Å². The average Bonchev–Trinajstić information content (AvgIpc) is 2.48. The van der Waals surface area contributed by atoms with E-state index in [1.54, 1.807) is 6.07 Å². The van der Waals surface area contributed by atoms with Crippen molar-refractivity contribution in [2.75, 3.05) is 0 Å². The number of hydrogen-bond acceptors (Lipinski definition) is 2. The molecule has 1 heterocycles. The number of benzene rings is 1. The van der Waals surface area contributed by atoms with Gasteiger partial charge in [-0.05, 0) is 25.1 Å². The Morgan fingerprint density at radius 2 is 2.23 bits per heavy atom. The molecule has 0 aliphatic heterocycles. The van der Waals surface area contributed by atoms with E-state index in [0.29, 0.717) is 10.9 Å². The molecule has 1 nitrogen and oxygen atoms in total. The molecule has 0 atom stereocenters. The summed E-state index contributed by atoms with van der Waals surface area (Å²) in [6.45, 7) is 1.90. The summed E-state index contributed by atoms with van der Waals surface area (Å²) in [5.74, 6) is -0.259. The molecule has 0 N–H and O–H groups in total. The number of halogens is 1. The van der Waals surface area contributed by atoms with Crippen molar-refractivity contribution in [2.45, 2.75) is 6.92 Å². The van der Waals surface area contributed by atoms with Crippen LogP contribution in [0.15, 0.2) is 18.2 Å². The Morgan fingerprint density at radius 3 is 2.92 bits per heavy atom. The van der Waals surface area contributed by atoms with Gasteiger partial charge in [0.2, 0.25) is 0 Å². The summed E-state index contributed by atoms with van der Waals surface area (Å²) < 4.78 is 13.9. The van der Waals surface area contributed by atoms with Gasteiger partial charge in [0, 0.05) is 20.5 Å². The number of carbonyl (C=O) groups excluding carboxylic acids is 1. The molecule has 0 aliphatic rings. The number of thiophene rings is 1. The molecule has 0 saturated carbocycles. The van der Waals surface area contributed by atoms with E-state index in [4.69, 9.17) is 0 Å². The molecule has 0 aliphatic carbocycles. The van der Waals surface area contributed by atoms with Crippen LogP contribution < -0.4 is 0 Å². The van der Waals surface area contributed by atoms with Crippen LogP contribution in [0, 0.1) is 12.7 Å². The van der Waals surface area contributed by atoms with E-state index in [1.807, 2.05) is 6.92 Å². The van der Waals surface area contributed by atoms with Gasteiger partial charge in [0.15, 0.2) is 6.29 Å². The first-order valence-corrected chi connectivity index (χ1v) is 4.68. The van der Waals surface area contributed by atoms with Crippen molar-refractivity contribution in [2.24, 2.45) is 0 Å². The Morgan fingerprint density at radius 1 is 1.46 bits per heavy atom. The van der Waals surface area contributed by atoms with Crippen molar-refractivity contribution >= 4 is 27.7 Å². The largest absolute Gasteiger partial charge is 0.298 e. The lowest BCUT2D eigenvalue weighted by Gasteiger charge is -1.94. The van der Waals surface area contributed by atoms with Gasteiger partial charge >= 0.3 is 0 Å². The first-order valence-electron chi connectivity index (χ1n) is 3.86. The smallest absolute Gasteiger partial charge is 0.151 e. The number of fused-ring (bicyclic) bond motifs is 1. The van der Waals surface area contributed by atoms with Crippen molar-refractivity contribution in [1.82, 2.24) is 0 Å². The normalized spacial score (nSPS) is 10.6. The maximum Gasteiger partial charge on any atom is 0.151 e. The summed E-state index contributed by atoms with van der Waals surface area (Å²) in [4.78, 5) is 11.6. The lowest BCUT2D eigenvalue weighted by Crippen LogP contribution is -1.81. The molecular formula is C10H7FOS. The zero-order chi connectivity index (χ0) is 9.42. The molecule has 2 rings (SSSR count). The summed E-state index contributed by atoms with van der Waals surface area (Å²) in [7, 11) is 0. The minimum Gasteiger partial charge on any atom is -0.298 e. The predicted molar refractivity (Wildman–Crippen MR) is 51.9 cm³/mol. The van der Waals surface area contributed by atoms with Crippen molar-refractivity contribution in [3.05, 3.63) is 34.5 Å². The Balaban J connectivity index is 2.91. The van der Waals surface area contributed by atoms with Gasteiger partial charge < -0.3 is 0 Å². The number of carbonyl (C=O) groups is 1. The second-order valence-corrected chi connectivity index (χ2v) is 4.11. The van der Waals surface area contributed by atoms with Gasteiger partial charge in [-0.15, -0.1) is 11.3 Å². The van der Waals surface area contributed by atoms with E-state index in [0.717, 1.165) is 15.9 Å². The molecule has 0 bridgehead atoms. The van der Waals surface area contributed by atoms with E-state index in [9.17, 15) is 9.18 Å². The first kappa shape index (κ1) is 8.38. The first-order chi connectivity index (χ1) is 6.22. The van der Waals surface area contributed by atoms with Crippen LogP contribution in [-0.4, -0.2) is 6.29 Å². The monoisotopic (exact) mass is 194 g/mol. The topological polar surface area (TPSA) is 17.1 Å². The predicted octanol–water partition coefficient (Wildman–Crippen LogP) is 3.16. The highest BCUT2D eigenvalue weighted by atomic mass is 32.1. The fourth-order valence-electron chi connectivity index (χ4n) is 1.33. The molecule has 13 heavy (non-hydrogen) atoms. The van der Waals surface area contributed by atoms with Gasteiger partial charge in [0.25, 0.3) is 0 Å². The van der Waals surface area contributed by atoms with Crippen molar-refractivity contribution in [3.63, 3.8) is 0 Å². The number of hydrogen-bond donors (Lipinski definition) is 0. The molecule has 0 spiro atoms. The van der Waals surface area contributed by atoms with Crippen LogP contribution in [0.1, 0.15) is 15.2 Å². The number of rotatable bonds is 1. The summed E-state index contributed by atoms with van der Waals surface area (Å²) in [5.41, 5.74) is 0.564. The highest BCUT2D eigenvalue weighted by molar-refractivity contribution is 7.19. The van der Waals surface area contributed by atoms with Crippen LogP contribution in [-0.2, 0) is 0 Å². The molecular weight excluding hydrogens is 187 g/mol. The fourth-order valence-corrected chi connectivity index (χ4v) is 2.33. The summed E-state index contributed by atoms with van der Waals surface area (Å²) in [5, 5.41) is 0.548. The third kappa shape index (κ3) is 1.25. The number of aryl methyl sites for hydroxylation is 1. The average molecular weight is 194 g/mol. The highest BCUT2D eigenvalue weighted by Gasteiger charge is 2.07. The molecule has 3 heteroatoms. The number of aldehydes is 1. The van der Waals surface area contributed by atoms with Gasteiger partial charge in [-0.1, -0.05) is 0 Å². The molecule has 0 fully saturated rings. The third-order valence-electron chi connectivity index (χ3n) is 1.91. The second kappa shape index (κ2) is 2.92.